The fraction of sp³-hybridized carbons (Fsp3) is 1.00. The minimum atomic E-state index is 0.759. The fourth-order valence-corrected chi connectivity index (χ4v) is 3.22. The van der Waals surface area contributed by atoms with Crippen LogP contribution in [0.25, 0.3) is 0 Å². The SMILES string of the molecule is CN1CC2C(CN)CCCN(C)C2C1. The van der Waals surface area contributed by atoms with Crippen LogP contribution in [0, 0.1) is 11.8 Å². The molecule has 2 rings (SSSR count). The van der Waals surface area contributed by atoms with E-state index in [1.165, 1.54) is 32.5 Å². The molecule has 2 saturated heterocycles. The number of hydrogen-bond donors (Lipinski definition) is 1. The third kappa shape index (κ3) is 1.81. The van der Waals surface area contributed by atoms with Crippen molar-refractivity contribution in [3.05, 3.63) is 0 Å². The Morgan fingerprint density at radius 2 is 2.07 bits per heavy atom. The second-order valence-electron chi connectivity index (χ2n) is 5.07. The monoisotopic (exact) mass is 197 g/mol. The highest BCUT2D eigenvalue weighted by Gasteiger charge is 2.39. The Labute approximate surface area is 87.2 Å². The third-order valence-corrected chi connectivity index (χ3v) is 4.08. The molecule has 2 aliphatic heterocycles. The summed E-state index contributed by atoms with van der Waals surface area (Å²) in [5.41, 5.74) is 5.88. The molecule has 14 heavy (non-hydrogen) atoms. The van der Waals surface area contributed by atoms with Crippen LogP contribution in [-0.4, -0.2) is 56.1 Å². The molecule has 0 aromatic carbocycles. The number of nitrogens with zero attached hydrogens (tertiary/aromatic N) is 2. The molecule has 0 spiro atoms. The van der Waals surface area contributed by atoms with Gasteiger partial charge in [-0.25, -0.2) is 0 Å². The molecule has 3 heteroatoms. The number of likely N-dealkylation sites (N-methyl/N-ethyl adjacent to an activating group) is 2. The van der Waals surface area contributed by atoms with Gasteiger partial charge in [0.05, 0.1) is 0 Å². The van der Waals surface area contributed by atoms with Crippen LogP contribution in [0.4, 0.5) is 0 Å². The first-order chi connectivity index (χ1) is 6.72. The van der Waals surface area contributed by atoms with Gasteiger partial charge in [0.1, 0.15) is 0 Å². The normalized spacial score (nSPS) is 40.9. The highest BCUT2D eigenvalue weighted by atomic mass is 15.2. The van der Waals surface area contributed by atoms with Gasteiger partial charge in [-0.05, 0) is 51.9 Å². The molecular formula is C11H23N3. The maximum Gasteiger partial charge on any atom is 0.0263 e. The Kier molecular flexibility index (Phi) is 3.10. The Hall–Kier alpha value is -0.120. The third-order valence-electron chi connectivity index (χ3n) is 4.08. The summed E-state index contributed by atoms with van der Waals surface area (Å²) in [5, 5.41) is 0. The molecule has 0 aliphatic carbocycles. The van der Waals surface area contributed by atoms with Crippen LogP contribution in [0.2, 0.25) is 0 Å². The summed E-state index contributed by atoms with van der Waals surface area (Å²) >= 11 is 0. The van der Waals surface area contributed by atoms with E-state index < -0.39 is 0 Å². The Morgan fingerprint density at radius 1 is 1.29 bits per heavy atom. The molecule has 3 nitrogen and oxygen atoms in total. The topological polar surface area (TPSA) is 32.5 Å². The van der Waals surface area contributed by atoms with Crippen molar-refractivity contribution in [2.24, 2.45) is 17.6 Å². The molecule has 2 heterocycles. The maximum absolute atomic E-state index is 5.88. The van der Waals surface area contributed by atoms with Crippen molar-refractivity contribution in [3.8, 4) is 0 Å². The molecule has 0 saturated carbocycles. The van der Waals surface area contributed by atoms with Crippen molar-refractivity contribution in [3.63, 3.8) is 0 Å². The Balaban J connectivity index is 2.11. The average Bonchev–Trinajstić information content (AvgIpc) is 2.48. The second kappa shape index (κ2) is 4.17. The van der Waals surface area contributed by atoms with Gasteiger partial charge in [-0.15, -0.1) is 0 Å². The largest absolute Gasteiger partial charge is 0.330 e. The predicted octanol–water partition coefficient (Wildman–Crippen LogP) is 0.217. The molecule has 82 valence electrons. The van der Waals surface area contributed by atoms with Gasteiger partial charge in [0.15, 0.2) is 0 Å². The maximum atomic E-state index is 5.88. The van der Waals surface area contributed by atoms with Crippen LogP contribution in [0.1, 0.15) is 12.8 Å². The van der Waals surface area contributed by atoms with Crippen LogP contribution >= 0.6 is 0 Å². The van der Waals surface area contributed by atoms with Gasteiger partial charge in [0, 0.05) is 19.1 Å². The van der Waals surface area contributed by atoms with Crippen LogP contribution in [0.3, 0.4) is 0 Å². The lowest BCUT2D eigenvalue weighted by Gasteiger charge is -2.28. The number of rotatable bonds is 1. The summed E-state index contributed by atoms with van der Waals surface area (Å²) in [4.78, 5) is 5.00. The van der Waals surface area contributed by atoms with E-state index in [2.05, 4.69) is 23.9 Å². The van der Waals surface area contributed by atoms with E-state index in [9.17, 15) is 0 Å². The van der Waals surface area contributed by atoms with Gasteiger partial charge in [-0.1, -0.05) is 0 Å². The fourth-order valence-electron chi connectivity index (χ4n) is 3.22. The molecular weight excluding hydrogens is 174 g/mol. The van der Waals surface area contributed by atoms with Crippen LogP contribution in [-0.2, 0) is 0 Å². The lowest BCUT2D eigenvalue weighted by molar-refractivity contribution is 0.205. The summed E-state index contributed by atoms with van der Waals surface area (Å²) < 4.78 is 0. The highest BCUT2D eigenvalue weighted by Crippen LogP contribution is 2.32. The molecule has 0 aromatic rings. The molecule has 2 N–H and O–H groups in total. The smallest absolute Gasteiger partial charge is 0.0263 e. The molecule has 3 unspecified atom stereocenters. The molecule has 2 aliphatic rings. The van der Waals surface area contributed by atoms with Gasteiger partial charge < -0.3 is 15.5 Å². The molecule has 0 amide bonds. The van der Waals surface area contributed by atoms with Gasteiger partial charge in [0.2, 0.25) is 0 Å². The van der Waals surface area contributed by atoms with Crippen LogP contribution in [0.5, 0.6) is 0 Å². The van der Waals surface area contributed by atoms with Crippen molar-refractivity contribution in [2.45, 2.75) is 18.9 Å². The van der Waals surface area contributed by atoms with Gasteiger partial charge in [-0.2, -0.15) is 0 Å². The Morgan fingerprint density at radius 3 is 2.79 bits per heavy atom. The van der Waals surface area contributed by atoms with E-state index in [0.29, 0.717) is 0 Å². The van der Waals surface area contributed by atoms with Crippen LogP contribution < -0.4 is 5.73 Å². The zero-order valence-electron chi connectivity index (χ0n) is 9.45. The standard InChI is InChI=1S/C11H23N3/c1-13-7-10-9(6-12)4-3-5-14(2)11(10)8-13/h9-11H,3-8,12H2,1-2H3. The molecule has 2 fully saturated rings. The first kappa shape index (κ1) is 10.4. The predicted molar refractivity (Wildman–Crippen MR) is 59.2 cm³/mol. The number of nitrogens with two attached hydrogens (primary N) is 1. The van der Waals surface area contributed by atoms with Crippen LogP contribution in [0.15, 0.2) is 0 Å². The summed E-state index contributed by atoms with van der Waals surface area (Å²) in [6, 6.07) is 0.760. The second-order valence-corrected chi connectivity index (χ2v) is 5.07. The lowest BCUT2D eigenvalue weighted by atomic mass is 9.86. The highest BCUT2D eigenvalue weighted by molar-refractivity contribution is 4.94. The van der Waals surface area contributed by atoms with Crippen molar-refractivity contribution in [1.29, 1.82) is 0 Å². The molecule has 0 radical (unpaired) electrons. The number of hydrogen-bond acceptors (Lipinski definition) is 3. The summed E-state index contributed by atoms with van der Waals surface area (Å²) in [7, 11) is 4.51. The number of likely N-dealkylation sites (tertiary alicyclic amines) is 2. The van der Waals surface area contributed by atoms with E-state index in [1.807, 2.05) is 0 Å². The molecule has 0 aromatic heterocycles. The Bertz CT molecular complexity index is 195. The lowest BCUT2D eigenvalue weighted by Crippen LogP contribution is -2.39. The minimum Gasteiger partial charge on any atom is -0.330 e. The molecule has 0 bridgehead atoms. The van der Waals surface area contributed by atoms with E-state index in [-0.39, 0.29) is 0 Å². The first-order valence-corrected chi connectivity index (χ1v) is 5.81. The quantitative estimate of drug-likeness (QED) is 0.652. The zero-order chi connectivity index (χ0) is 10.1. The summed E-state index contributed by atoms with van der Waals surface area (Å²) in [5.74, 6) is 1.58. The van der Waals surface area contributed by atoms with E-state index in [0.717, 1.165) is 24.4 Å². The van der Waals surface area contributed by atoms with Gasteiger partial charge in [-0.3, -0.25) is 0 Å². The number of fused-ring (bicyclic) bond motifs is 1. The summed E-state index contributed by atoms with van der Waals surface area (Å²) in [6.07, 6.45) is 2.66. The zero-order valence-corrected chi connectivity index (χ0v) is 9.45. The van der Waals surface area contributed by atoms with Gasteiger partial charge in [0.25, 0.3) is 0 Å². The van der Waals surface area contributed by atoms with Crippen molar-refractivity contribution < 1.29 is 0 Å². The van der Waals surface area contributed by atoms with Crippen molar-refractivity contribution in [1.82, 2.24) is 9.80 Å². The van der Waals surface area contributed by atoms with E-state index in [1.54, 1.807) is 0 Å². The minimum absolute atomic E-state index is 0.759. The molecule has 3 atom stereocenters. The van der Waals surface area contributed by atoms with Crippen molar-refractivity contribution >= 4 is 0 Å². The first-order valence-electron chi connectivity index (χ1n) is 5.81. The van der Waals surface area contributed by atoms with E-state index in [4.69, 9.17) is 5.73 Å². The van der Waals surface area contributed by atoms with E-state index >= 15 is 0 Å². The summed E-state index contributed by atoms with van der Waals surface area (Å²) in [6.45, 7) is 4.61. The average molecular weight is 197 g/mol. The van der Waals surface area contributed by atoms with Gasteiger partial charge >= 0.3 is 0 Å². The van der Waals surface area contributed by atoms with Crippen molar-refractivity contribution in [2.75, 3.05) is 40.3 Å².